The molecule has 0 bridgehead atoms. The molecule has 1 aromatic heterocycles. The molecule has 3 N–H and O–H groups in total. The number of aromatic amines is 1. The first-order valence-corrected chi connectivity index (χ1v) is 8.02. The van der Waals surface area contributed by atoms with E-state index < -0.39 is 0 Å². The highest BCUT2D eigenvalue weighted by molar-refractivity contribution is 5.88. The van der Waals surface area contributed by atoms with Crippen LogP contribution < -0.4 is 10.6 Å². The first-order valence-electron chi connectivity index (χ1n) is 8.02. The molecule has 1 unspecified atom stereocenters. The van der Waals surface area contributed by atoms with Gasteiger partial charge in [-0.3, -0.25) is 14.7 Å². The Morgan fingerprint density at radius 3 is 3.00 bits per heavy atom. The molecule has 1 atom stereocenters. The van der Waals surface area contributed by atoms with Crippen molar-refractivity contribution >= 4 is 11.8 Å². The number of piperazine rings is 1. The van der Waals surface area contributed by atoms with Gasteiger partial charge in [-0.05, 0) is 31.2 Å². The molecule has 2 aliphatic rings. The number of H-pyrrole nitrogens is 1. The zero-order valence-corrected chi connectivity index (χ0v) is 12.7. The Bertz CT molecular complexity index is 512. The van der Waals surface area contributed by atoms with Crippen molar-refractivity contribution in [2.45, 2.75) is 44.2 Å². The molecule has 7 nitrogen and oxygen atoms in total. The van der Waals surface area contributed by atoms with Gasteiger partial charge in [-0.1, -0.05) is 0 Å². The van der Waals surface area contributed by atoms with Crippen molar-refractivity contribution in [3.05, 3.63) is 18.0 Å². The van der Waals surface area contributed by atoms with E-state index in [-0.39, 0.29) is 17.9 Å². The maximum Gasteiger partial charge on any atom is 0.244 e. The van der Waals surface area contributed by atoms with Gasteiger partial charge in [-0.2, -0.15) is 5.10 Å². The number of aryl methyl sites for hydroxylation is 1. The maximum absolute atomic E-state index is 12.4. The van der Waals surface area contributed by atoms with Gasteiger partial charge in [0, 0.05) is 38.3 Å². The molecule has 22 heavy (non-hydrogen) atoms. The highest BCUT2D eigenvalue weighted by Gasteiger charge is 2.34. The van der Waals surface area contributed by atoms with Crippen LogP contribution in [0.25, 0.3) is 0 Å². The van der Waals surface area contributed by atoms with E-state index in [0.29, 0.717) is 25.6 Å². The molecular weight excluding hydrogens is 282 g/mol. The van der Waals surface area contributed by atoms with Gasteiger partial charge in [0.15, 0.2) is 0 Å². The van der Waals surface area contributed by atoms with E-state index in [9.17, 15) is 9.59 Å². The molecule has 2 amide bonds. The fraction of sp³-hybridized carbons (Fsp3) is 0.667. The molecule has 1 aliphatic heterocycles. The summed E-state index contributed by atoms with van der Waals surface area (Å²) in [6.07, 6.45) is 7.82. The average molecular weight is 305 g/mol. The van der Waals surface area contributed by atoms with Crippen LogP contribution in [0.15, 0.2) is 12.4 Å². The van der Waals surface area contributed by atoms with E-state index in [4.69, 9.17) is 0 Å². The van der Waals surface area contributed by atoms with Crippen molar-refractivity contribution < 1.29 is 9.59 Å². The zero-order chi connectivity index (χ0) is 15.4. The van der Waals surface area contributed by atoms with E-state index in [1.165, 1.54) is 0 Å². The van der Waals surface area contributed by atoms with Gasteiger partial charge >= 0.3 is 0 Å². The third-order valence-electron chi connectivity index (χ3n) is 4.20. The summed E-state index contributed by atoms with van der Waals surface area (Å²) in [5.41, 5.74) is 1.11. The van der Waals surface area contributed by atoms with Crippen molar-refractivity contribution in [3.63, 3.8) is 0 Å². The molecule has 0 aromatic carbocycles. The molecule has 1 saturated heterocycles. The van der Waals surface area contributed by atoms with Crippen LogP contribution in [-0.2, 0) is 16.0 Å². The molecule has 7 heteroatoms. The minimum Gasteiger partial charge on any atom is -0.352 e. The number of nitrogens with zero attached hydrogens (tertiary/aromatic N) is 2. The number of carbonyl (C=O) groups excluding carboxylic acids is 2. The molecule has 0 radical (unpaired) electrons. The van der Waals surface area contributed by atoms with Crippen LogP contribution in [0.4, 0.5) is 0 Å². The fourth-order valence-electron chi connectivity index (χ4n) is 2.76. The number of aromatic nitrogens is 2. The highest BCUT2D eigenvalue weighted by Crippen LogP contribution is 2.19. The van der Waals surface area contributed by atoms with Gasteiger partial charge in [-0.15, -0.1) is 0 Å². The smallest absolute Gasteiger partial charge is 0.244 e. The molecule has 2 fully saturated rings. The standard InChI is InChI=1S/C15H23N5O2/c21-14(3-1-2-11-8-17-18-9-11)20-7-6-16-10-13(20)15(22)19-12-4-5-12/h8-9,12-13,16H,1-7,10H2,(H,17,18)(H,19,22). The van der Waals surface area contributed by atoms with E-state index in [0.717, 1.165) is 37.8 Å². The molecule has 2 heterocycles. The Morgan fingerprint density at radius 2 is 2.27 bits per heavy atom. The quantitative estimate of drug-likeness (QED) is 0.679. The summed E-state index contributed by atoms with van der Waals surface area (Å²) in [5.74, 6) is 0.0545. The van der Waals surface area contributed by atoms with E-state index in [1.54, 1.807) is 11.1 Å². The molecule has 3 rings (SSSR count). The second-order valence-corrected chi connectivity index (χ2v) is 6.05. The predicted molar refractivity (Wildman–Crippen MR) is 81.1 cm³/mol. The summed E-state index contributed by atoms with van der Waals surface area (Å²) in [4.78, 5) is 26.4. The normalized spacial score (nSPS) is 21.6. The summed E-state index contributed by atoms with van der Waals surface area (Å²) in [6, 6.07) is -0.0387. The topological polar surface area (TPSA) is 90.1 Å². The monoisotopic (exact) mass is 305 g/mol. The summed E-state index contributed by atoms with van der Waals surface area (Å²) in [6.45, 7) is 1.90. The second-order valence-electron chi connectivity index (χ2n) is 6.05. The number of hydrogen-bond acceptors (Lipinski definition) is 4. The van der Waals surface area contributed by atoms with Gasteiger partial charge < -0.3 is 15.5 Å². The Hall–Kier alpha value is -1.89. The SMILES string of the molecule is O=C(NC1CC1)C1CNCCN1C(=O)CCCc1cn[nH]c1. The van der Waals surface area contributed by atoms with Crippen molar-refractivity contribution in [2.75, 3.05) is 19.6 Å². The third-order valence-corrected chi connectivity index (χ3v) is 4.20. The lowest BCUT2D eigenvalue weighted by molar-refractivity contribution is -0.141. The number of nitrogens with one attached hydrogen (secondary N) is 3. The first kappa shape index (κ1) is 15.0. The van der Waals surface area contributed by atoms with Crippen molar-refractivity contribution in [3.8, 4) is 0 Å². The van der Waals surface area contributed by atoms with Crippen LogP contribution in [0, 0.1) is 0 Å². The van der Waals surface area contributed by atoms with E-state index in [2.05, 4.69) is 20.8 Å². The summed E-state index contributed by atoms with van der Waals surface area (Å²) in [7, 11) is 0. The molecule has 1 aliphatic carbocycles. The van der Waals surface area contributed by atoms with Crippen LogP contribution in [0.2, 0.25) is 0 Å². The minimum atomic E-state index is -0.365. The molecular formula is C15H23N5O2. The lowest BCUT2D eigenvalue weighted by Crippen LogP contribution is -2.59. The fourth-order valence-corrected chi connectivity index (χ4v) is 2.76. The largest absolute Gasteiger partial charge is 0.352 e. The molecule has 1 saturated carbocycles. The number of rotatable bonds is 6. The van der Waals surface area contributed by atoms with Crippen molar-refractivity contribution in [2.24, 2.45) is 0 Å². The number of carbonyl (C=O) groups is 2. The first-order chi connectivity index (χ1) is 10.7. The third kappa shape index (κ3) is 3.85. The van der Waals surface area contributed by atoms with Gasteiger partial charge in [0.2, 0.25) is 11.8 Å². The van der Waals surface area contributed by atoms with Crippen LogP contribution >= 0.6 is 0 Å². The Balaban J connectivity index is 1.50. The van der Waals surface area contributed by atoms with Gasteiger partial charge in [0.1, 0.15) is 6.04 Å². The van der Waals surface area contributed by atoms with Crippen molar-refractivity contribution in [1.29, 1.82) is 0 Å². The van der Waals surface area contributed by atoms with Crippen molar-refractivity contribution in [1.82, 2.24) is 25.7 Å². The summed E-state index contributed by atoms with van der Waals surface area (Å²) >= 11 is 0. The van der Waals surface area contributed by atoms with Crippen LogP contribution in [-0.4, -0.2) is 58.6 Å². The van der Waals surface area contributed by atoms with Gasteiger partial charge in [-0.25, -0.2) is 0 Å². The number of amides is 2. The maximum atomic E-state index is 12.4. The minimum absolute atomic E-state index is 0.0158. The summed E-state index contributed by atoms with van der Waals surface area (Å²) < 4.78 is 0. The highest BCUT2D eigenvalue weighted by atomic mass is 16.2. The predicted octanol–water partition coefficient (Wildman–Crippen LogP) is -0.189. The molecule has 0 spiro atoms. The number of hydrogen-bond donors (Lipinski definition) is 3. The molecule has 1 aromatic rings. The van der Waals surface area contributed by atoms with E-state index in [1.807, 2.05) is 6.20 Å². The summed E-state index contributed by atoms with van der Waals surface area (Å²) in [5, 5.41) is 12.9. The Kier molecular flexibility index (Phi) is 4.72. The van der Waals surface area contributed by atoms with Crippen LogP contribution in [0.5, 0.6) is 0 Å². The second kappa shape index (κ2) is 6.91. The van der Waals surface area contributed by atoms with Crippen LogP contribution in [0.3, 0.4) is 0 Å². The Morgan fingerprint density at radius 1 is 1.41 bits per heavy atom. The van der Waals surface area contributed by atoms with Crippen LogP contribution in [0.1, 0.15) is 31.2 Å². The van der Waals surface area contributed by atoms with Gasteiger partial charge in [0.25, 0.3) is 0 Å². The van der Waals surface area contributed by atoms with Gasteiger partial charge in [0.05, 0.1) is 6.20 Å². The lowest BCUT2D eigenvalue weighted by Gasteiger charge is -2.35. The lowest BCUT2D eigenvalue weighted by atomic mass is 10.1. The van der Waals surface area contributed by atoms with E-state index >= 15 is 0 Å². The average Bonchev–Trinajstić information content (AvgIpc) is 3.19. The Labute approximate surface area is 129 Å². The molecule has 120 valence electrons. The zero-order valence-electron chi connectivity index (χ0n) is 12.7.